The Morgan fingerprint density at radius 3 is 3.27 bits per heavy atom. The summed E-state index contributed by atoms with van der Waals surface area (Å²) >= 11 is 0. The number of fused-ring (bicyclic) bond motifs is 1. The molecule has 0 atom stereocenters. The lowest BCUT2D eigenvalue weighted by Crippen LogP contribution is -2.05. The van der Waals surface area contributed by atoms with E-state index >= 15 is 0 Å². The van der Waals surface area contributed by atoms with Crippen molar-refractivity contribution in [1.82, 2.24) is 15.3 Å². The molecule has 0 aliphatic carbocycles. The molecular weight excluding hydrogens is 186 g/mol. The van der Waals surface area contributed by atoms with Crippen LogP contribution in [0, 0.1) is 0 Å². The monoisotopic (exact) mass is 201 g/mol. The van der Waals surface area contributed by atoms with E-state index in [0.29, 0.717) is 0 Å². The number of nitrogens with zero attached hydrogens (tertiary/aromatic N) is 1. The molecule has 0 aliphatic heterocycles. The minimum absolute atomic E-state index is 0.950. The van der Waals surface area contributed by atoms with Gasteiger partial charge >= 0.3 is 0 Å². The van der Waals surface area contributed by atoms with E-state index in [1.165, 1.54) is 10.9 Å². The smallest absolute Gasteiger partial charge is 0.137 e. The summed E-state index contributed by atoms with van der Waals surface area (Å²) in [6, 6.07) is 4.09. The van der Waals surface area contributed by atoms with Crippen molar-refractivity contribution >= 4 is 17.1 Å². The maximum absolute atomic E-state index is 4.24. The molecule has 0 aliphatic rings. The van der Waals surface area contributed by atoms with Crippen molar-refractivity contribution in [3.63, 3.8) is 0 Å². The first kappa shape index (κ1) is 9.93. The number of hydrogen-bond donors (Lipinski definition) is 2. The molecule has 2 N–H and O–H groups in total. The summed E-state index contributed by atoms with van der Waals surface area (Å²) in [6.45, 7) is 1.01. The molecule has 0 aromatic carbocycles. The fourth-order valence-electron chi connectivity index (χ4n) is 1.57. The number of pyridine rings is 1. The first-order valence-electron chi connectivity index (χ1n) is 5.15. The standard InChI is InChI=1S/C12H15N3/c1-13-7-3-2-4-10-5-8-14-12-11(10)6-9-15-12/h2,4-6,8-9,13H,3,7H2,1H3,(H,14,15). The Morgan fingerprint density at radius 2 is 2.40 bits per heavy atom. The second kappa shape index (κ2) is 4.75. The minimum atomic E-state index is 0.950. The van der Waals surface area contributed by atoms with Crippen LogP contribution in [-0.2, 0) is 0 Å². The molecule has 2 aromatic heterocycles. The van der Waals surface area contributed by atoms with E-state index in [4.69, 9.17) is 0 Å². The van der Waals surface area contributed by atoms with Gasteiger partial charge in [-0.3, -0.25) is 0 Å². The molecule has 0 fully saturated rings. The molecule has 0 saturated carbocycles. The van der Waals surface area contributed by atoms with E-state index in [9.17, 15) is 0 Å². The highest BCUT2D eigenvalue weighted by Crippen LogP contribution is 2.16. The molecule has 0 saturated heterocycles. The quantitative estimate of drug-likeness (QED) is 0.744. The van der Waals surface area contributed by atoms with E-state index in [1.807, 2.05) is 25.5 Å². The number of hydrogen-bond acceptors (Lipinski definition) is 2. The molecule has 0 amide bonds. The average Bonchev–Trinajstić information content (AvgIpc) is 2.73. The highest BCUT2D eigenvalue weighted by Gasteiger charge is 1.98. The molecule has 3 nitrogen and oxygen atoms in total. The lowest BCUT2D eigenvalue weighted by molar-refractivity contribution is 0.809. The Balaban J connectivity index is 2.20. The van der Waals surface area contributed by atoms with Gasteiger partial charge in [-0.05, 0) is 37.7 Å². The van der Waals surface area contributed by atoms with E-state index in [1.54, 1.807) is 0 Å². The fraction of sp³-hybridized carbons (Fsp3) is 0.250. The number of aromatic amines is 1. The molecule has 2 rings (SSSR count). The average molecular weight is 201 g/mol. The van der Waals surface area contributed by atoms with Gasteiger partial charge in [0.2, 0.25) is 0 Å². The Morgan fingerprint density at radius 1 is 1.47 bits per heavy atom. The maximum atomic E-state index is 4.24. The van der Waals surface area contributed by atoms with E-state index < -0.39 is 0 Å². The van der Waals surface area contributed by atoms with Crippen LogP contribution >= 0.6 is 0 Å². The van der Waals surface area contributed by atoms with Gasteiger partial charge in [0.25, 0.3) is 0 Å². The van der Waals surface area contributed by atoms with Gasteiger partial charge in [-0.25, -0.2) is 4.98 Å². The molecule has 0 spiro atoms. The van der Waals surface area contributed by atoms with Crippen molar-refractivity contribution in [2.45, 2.75) is 6.42 Å². The predicted octanol–water partition coefficient (Wildman–Crippen LogP) is 2.19. The predicted molar refractivity (Wildman–Crippen MR) is 63.7 cm³/mol. The van der Waals surface area contributed by atoms with E-state index in [2.05, 4.69) is 33.5 Å². The van der Waals surface area contributed by atoms with Crippen LogP contribution in [0.4, 0.5) is 0 Å². The zero-order valence-electron chi connectivity index (χ0n) is 8.83. The molecule has 2 heterocycles. The summed E-state index contributed by atoms with van der Waals surface area (Å²) in [7, 11) is 1.96. The van der Waals surface area contributed by atoms with Crippen LogP contribution in [0.2, 0.25) is 0 Å². The highest BCUT2D eigenvalue weighted by molar-refractivity contribution is 5.85. The van der Waals surface area contributed by atoms with Crippen LogP contribution < -0.4 is 5.32 Å². The van der Waals surface area contributed by atoms with Crippen molar-refractivity contribution in [2.75, 3.05) is 13.6 Å². The Kier molecular flexibility index (Phi) is 3.15. The van der Waals surface area contributed by atoms with Crippen molar-refractivity contribution in [1.29, 1.82) is 0 Å². The largest absolute Gasteiger partial charge is 0.346 e. The lowest BCUT2D eigenvalue weighted by Gasteiger charge is -1.96. The number of rotatable bonds is 4. The molecule has 3 heteroatoms. The van der Waals surface area contributed by atoms with E-state index in [-0.39, 0.29) is 0 Å². The summed E-state index contributed by atoms with van der Waals surface area (Å²) in [5.74, 6) is 0. The van der Waals surface area contributed by atoms with Crippen LogP contribution in [0.1, 0.15) is 12.0 Å². The third-order valence-corrected chi connectivity index (χ3v) is 2.35. The van der Waals surface area contributed by atoms with Crippen LogP contribution in [0.5, 0.6) is 0 Å². The number of nitrogens with one attached hydrogen (secondary N) is 2. The third kappa shape index (κ3) is 2.25. The second-order valence-electron chi connectivity index (χ2n) is 3.43. The van der Waals surface area contributed by atoms with Crippen molar-refractivity contribution in [3.8, 4) is 0 Å². The maximum Gasteiger partial charge on any atom is 0.137 e. The minimum Gasteiger partial charge on any atom is -0.346 e. The summed E-state index contributed by atoms with van der Waals surface area (Å²) in [6.07, 6.45) is 9.12. The van der Waals surface area contributed by atoms with Gasteiger partial charge in [0.1, 0.15) is 5.65 Å². The van der Waals surface area contributed by atoms with Crippen molar-refractivity contribution in [2.24, 2.45) is 0 Å². The molecule has 2 aromatic rings. The SMILES string of the molecule is CNCCC=Cc1ccnc2[nH]ccc12. The molecular formula is C12H15N3. The van der Waals surface area contributed by atoms with E-state index in [0.717, 1.165) is 18.6 Å². The molecule has 0 radical (unpaired) electrons. The van der Waals surface area contributed by atoms with Gasteiger partial charge in [-0.1, -0.05) is 12.2 Å². The van der Waals surface area contributed by atoms with Crippen LogP contribution in [0.15, 0.2) is 30.6 Å². The normalized spacial score (nSPS) is 11.5. The zero-order valence-corrected chi connectivity index (χ0v) is 8.83. The molecule has 78 valence electrons. The van der Waals surface area contributed by atoms with Gasteiger partial charge in [0.05, 0.1) is 0 Å². The van der Waals surface area contributed by atoms with Crippen molar-refractivity contribution in [3.05, 3.63) is 36.2 Å². The first-order valence-corrected chi connectivity index (χ1v) is 5.15. The van der Waals surface area contributed by atoms with Gasteiger partial charge in [-0.15, -0.1) is 0 Å². The molecule has 0 unspecified atom stereocenters. The summed E-state index contributed by atoms with van der Waals surface area (Å²) < 4.78 is 0. The van der Waals surface area contributed by atoms with Gasteiger partial charge in [0, 0.05) is 17.8 Å². The first-order chi connectivity index (χ1) is 7.42. The third-order valence-electron chi connectivity index (χ3n) is 2.35. The Labute approximate surface area is 89.2 Å². The van der Waals surface area contributed by atoms with Crippen molar-refractivity contribution < 1.29 is 0 Å². The summed E-state index contributed by atoms with van der Waals surface area (Å²) in [4.78, 5) is 7.35. The molecule has 15 heavy (non-hydrogen) atoms. The Bertz CT molecular complexity index is 457. The zero-order chi connectivity index (χ0) is 10.5. The number of H-pyrrole nitrogens is 1. The van der Waals surface area contributed by atoms with Gasteiger partial charge in [-0.2, -0.15) is 0 Å². The fourth-order valence-corrected chi connectivity index (χ4v) is 1.57. The lowest BCUT2D eigenvalue weighted by atomic mass is 10.1. The van der Waals surface area contributed by atoms with Crippen LogP contribution in [0.3, 0.4) is 0 Å². The van der Waals surface area contributed by atoms with Gasteiger partial charge in [0.15, 0.2) is 0 Å². The highest BCUT2D eigenvalue weighted by atomic mass is 14.8. The van der Waals surface area contributed by atoms with Gasteiger partial charge < -0.3 is 10.3 Å². The summed E-state index contributed by atoms with van der Waals surface area (Å²) in [5, 5.41) is 4.30. The Hall–Kier alpha value is -1.61. The second-order valence-corrected chi connectivity index (χ2v) is 3.43. The summed E-state index contributed by atoms with van der Waals surface area (Å²) in [5.41, 5.74) is 2.17. The van der Waals surface area contributed by atoms with Crippen LogP contribution in [0.25, 0.3) is 17.1 Å². The number of aromatic nitrogens is 2. The van der Waals surface area contributed by atoms with Crippen LogP contribution in [-0.4, -0.2) is 23.6 Å². The molecule has 0 bridgehead atoms. The topological polar surface area (TPSA) is 40.7 Å².